The Kier molecular flexibility index (Phi) is 2.98. The summed E-state index contributed by atoms with van der Waals surface area (Å²) in [6.45, 7) is 0. The second kappa shape index (κ2) is 4.59. The Morgan fingerprint density at radius 1 is 1.14 bits per heavy atom. The van der Waals surface area contributed by atoms with Gasteiger partial charge in [-0.2, -0.15) is 13.2 Å². The minimum absolute atomic E-state index is 0.225. The van der Waals surface area contributed by atoms with Gasteiger partial charge in [0.25, 0.3) is 5.56 Å². The van der Waals surface area contributed by atoms with Gasteiger partial charge in [-0.3, -0.25) is 9.20 Å². The van der Waals surface area contributed by atoms with Crippen molar-refractivity contribution in [2.45, 2.75) is 6.18 Å². The molecule has 0 saturated carbocycles. The third-order valence-corrected chi connectivity index (χ3v) is 3.10. The van der Waals surface area contributed by atoms with Gasteiger partial charge in [0.05, 0.1) is 5.69 Å². The van der Waals surface area contributed by atoms with Gasteiger partial charge in [0.15, 0.2) is 0 Å². The number of hydrogen-bond donors (Lipinski definition) is 0. The Labute approximate surface area is 120 Å². The Bertz CT molecular complexity index is 867. The maximum Gasteiger partial charge on any atom is 0.432 e. The van der Waals surface area contributed by atoms with Crippen LogP contribution in [0.1, 0.15) is 5.69 Å². The molecule has 108 valence electrons. The molecule has 0 aliphatic rings. The largest absolute Gasteiger partial charge is 0.432 e. The second-order valence-electron chi connectivity index (χ2n) is 4.18. The number of halogens is 4. The first kappa shape index (κ1) is 13.6. The quantitative estimate of drug-likeness (QED) is 0.693. The van der Waals surface area contributed by atoms with Crippen molar-refractivity contribution in [1.29, 1.82) is 0 Å². The van der Waals surface area contributed by atoms with Crippen LogP contribution in [-0.2, 0) is 6.18 Å². The summed E-state index contributed by atoms with van der Waals surface area (Å²) in [5, 5.41) is 7.48. The van der Waals surface area contributed by atoms with Crippen LogP contribution in [0, 0.1) is 0 Å². The lowest BCUT2D eigenvalue weighted by Crippen LogP contribution is -2.25. The zero-order chi connectivity index (χ0) is 15.2. The van der Waals surface area contributed by atoms with E-state index < -0.39 is 17.4 Å². The summed E-state index contributed by atoms with van der Waals surface area (Å²) in [4.78, 5) is 12.0. The van der Waals surface area contributed by atoms with E-state index in [0.717, 1.165) is 15.3 Å². The molecule has 0 amide bonds. The van der Waals surface area contributed by atoms with Crippen LogP contribution in [0.3, 0.4) is 0 Å². The van der Waals surface area contributed by atoms with E-state index in [0.29, 0.717) is 16.8 Å². The van der Waals surface area contributed by atoms with Crippen molar-refractivity contribution >= 4 is 17.4 Å². The molecular formula is C12H6ClF3N4O. The number of nitrogens with zero attached hydrogens (tertiary/aromatic N) is 4. The molecule has 9 heteroatoms. The molecule has 3 rings (SSSR count). The van der Waals surface area contributed by atoms with Crippen LogP contribution in [0.2, 0.25) is 5.02 Å². The van der Waals surface area contributed by atoms with E-state index in [2.05, 4.69) is 10.2 Å². The molecule has 0 bridgehead atoms. The molecular weight excluding hydrogens is 309 g/mol. The van der Waals surface area contributed by atoms with E-state index in [9.17, 15) is 18.0 Å². The molecule has 0 fully saturated rings. The third kappa shape index (κ3) is 2.27. The lowest BCUT2D eigenvalue weighted by atomic mass is 10.3. The number of fused-ring (bicyclic) bond motifs is 1. The number of hydrogen-bond acceptors (Lipinski definition) is 3. The van der Waals surface area contributed by atoms with Crippen LogP contribution in [0.4, 0.5) is 13.2 Å². The Balaban J connectivity index is 2.36. The molecule has 0 saturated heterocycles. The highest BCUT2D eigenvalue weighted by atomic mass is 35.5. The number of alkyl halides is 3. The lowest BCUT2D eigenvalue weighted by Gasteiger charge is -2.12. The lowest BCUT2D eigenvalue weighted by molar-refractivity contribution is -0.142. The van der Waals surface area contributed by atoms with Crippen LogP contribution in [0.15, 0.2) is 41.5 Å². The third-order valence-electron chi connectivity index (χ3n) is 2.85. The van der Waals surface area contributed by atoms with Gasteiger partial charge in [-0.1, -0.05) is 11.6 Å². The van der Waals surface area contributed by atoms with Crippen molar-refractivity contribution in [2.24, 2.45) is 0 Å². The van der Waals surface area contributed by atoms with Crippen LogP contribution >= 0.6 is 11.6 Å². The predicted molar refractivity (Wildman–Crippen MR) is 68.6 cm³/mol. The Morgan fingerprint density at radius 3 is 2.43 bits per heavy atom. The molecule has 0 spiro atoms. The van der Waals surface area contributed by atoms with Crippen molar-refractivity contribution in [3.05, 3.63) is 57.7 Å². The minimum atomic E-state index is -4.68. The topological polar surface area (TPSA) is 52.2 Å². The van der Waals surface area contributed by atoms with Crippen LogP contribution < -0.4 is 5.56 Å². The molecule has 1 aromatic carbocycles. The molecule has 2 heterocycles. The normalized spacial score (nSPS) is 12.0. The summed E-state index contributed by atoms with van der Waals surface area (Å²) >= 11 is 5.75. The fraction of sp³-hybridized carbons (Fsp3) is 0.0833. The SMILES string of the molecule is O=c1cc(C(F)(F)F)n2cnnc2n1-c1ccc(Cl)cc1. The summed E-state index contributed by atoms with van der Waals surface area (Å²) in [5.74, 6) is -0.225. The first-order valence-electron chi connectivity index (χ1n) is 5.67. The standard InChI is InChI=1S/C12H6ClF3N4O/c13-7-1-3-8(4-2-7)20-10(21)5-9(12(14,15)16)19-6-17-18-11(19)20/h1-6H. The van der Waals surface area contributed by atoms with E-state index in [1.54, 1.807) is 0 Å². The molecule has 3 aromatic rings. The summed E-state index contributed by atoms with van der Waals surface area (Å²) in [6, 6.07) is 6.56. The number of benzene rings is 1. The van der Waals surface area contributed by atoms with Crippen LogP contribution in [-0.4, -0.2) is 19.2 Å². The monoisotopic (exact) mass is 314 g/mol. The van der Waals surface area contributed by atoms with E-state index >= 15 is 0 Å². The van der Waals surface area contributed by atoms with Gasteiger partial charge in [0.2, 0.25) is 5.78 Å². The Hall–Kier alpha value is -2.35. The van der Waals surface area contributed by atoms with Crippen molar-refractivity contribution in [2.75, 3.05) is 0 Å². The maximum absolute atomic E-state index is 12.9. The van der Waals surface area contributed by atoms with E-state index in [4.69, 9.17) is 11.6 Å². The zero-order valence-electron chi connectivity index (χ0n) is 10.2. The molecule has 0 atom stereocenters. The molecule has 0 aliphatic heterocycles. The average Bonchev–Trinajstić information content (AvgIpc) is 2.87. The Morgan fingerprint density at radius 2 is 1.81 bits per heavy atom. The molecule has 0 aliphatic carbocycles. The first-order valence-corrected chi connectivity index (χ1v) is 6.04. The van der Waals surface area contributed by atoms with Crippen LogP contribution in [0.5, 0.6) is 0 Å². The molecule has 5 nitrogen and oxygen atoms in total. The van der Waals surface area contributed by atoms with Crippen molar-refractivity contribution in [1.82, 2.24) is 19.2 Å². The molecule has 0 unspecified atom stereocenters. The second-order valence-corrected chi connectivity index (χ2v) is 4.61. The summed E-state index contributed by atoms with van der Waals surface area (Å²) in [7, 11) is 0. The molecule has 2 aromatic heterocycles. The van der Waals surface area contributed by atoms with Gasteiger partial charge >= 0.3 is 6.18 Å². The first-order chi connectivity index (χ1) is 9.88. The van der Waals surface area contributed by atoms with Crippen LogP contribution in [0.25, 0.3) is 11.5 Å². The van der Waals surface area contributed by atoms with Gasteiger partial charge in [-0.15, -0.1) is 10.2 Å². The smallest absolute Gasteiger partial charge is 0.269 e. The minimum Gasteiger partial charge on any atom is -0.269 e. The molecule has 0 radical (unpaired) electrons. The maximum atomic E-state index is 12.9. The van der Waals surface area contributed by atoms with Crippen molar-refractivity contribution in [3.63, 3.8) is 0 Å². The number of aromatic nitrogens is 4. The fourth-order valence-electron chi connectivity index (χ4n) is 1.95. The highest BCUT2D eigenvalue weighted by Gasteiger charge is 2.35. The summed E-state index contributed by atoms with van der Waals surface area (Å²) in [6.07, 6.45) is -3.77. The molecule has 21 heavy (non-hydrogen) atoms. The average molecular weight is 315 g/mol. The fourth-order valence-corrected chi connectivity index (χ4v) is 2.08. The summed E-state index contributed by atoms with van der Waals surface area (Å²) in [5.41, 5.74) is -1.64. The van der Waals surface area contributed by atoms with Crippen molar-refractivity contribution in [3.8, 4) is 5.69 Å². The van der Waals surface area contributed by atoms with E-state index in [1.165, 1.54) is 24.3 Å². The van der Waals surface area contributed by atoms with Gasteiger partial charge in [0.1, 0.15) is 12.0 Å². The number of rotatable bonds is 1. The van der Waals surface area contributed by atoms with Gasteiger partial charge < -0.3 is 0 Å². The zero-order valence-corrected chi connectivity index (χ0v) is 10.9. The molecule has 0 N–H and O–H groups in total. The highest BCUT2D eigenvalue weighted by molar-refractivity contribution is 6.30. The van der Waals surface area contributed by atoms with Gasteiger partial charge in [0, 0.05) is 11.1 Å². The summed E-state index contributed by atoms with van der Waals surface area (Å²) < 4.78 is 40.5. The predicted octanol–water partition coefficient (Wildman–Crippen LogP) is 2.55. The van der Waals surface area contributed by atoms with E-state index in [1.807, 2.05) is 0 Å². The van der Waals surface area contributed by atoms with Crippen molar-refractivity contribution < 1.29 is 13.2 Å². The highest BCUT2D eigenvalue weighted by Crippen LogP contribution is 2.28. The van der Waals surface area contributed by atoms with Gasteiger partial charge in [-0.05, 0) is 24.3 Å². The van der Waals surface area contributed by atoms with Gasteiger partial charge in [-0.25, -0.2) is 4.57 Å². The van der Waals surface area contributed by atoms with E-state index in [-0.39, 0.29) is 5.78 Å².